The fourth-order valence-electron chi connectivity index (χ4n) is 4.05. The number of nitrogens with one attached hydrogen (secondary N) is 1. The number of carbonyl (C=O) groups is 1. The Kier molecular flexibility index (Phi) is 7.91. The van der Waals surface area contributed by atoms with Crippen molar-refractivity contribution in [1.82, 2.24) is 4.98 Å². The van der Waals surface area contributed by atoms with E-state index >= 15 is 0 Å². The van der Waals surface area contributed by atoms with Gasteiger partial charge >= 0.3 is 6.09 Å². The Balaban J connectivity index is 1.24. The number of pyridine rings is 1. The zero-order chi connectivity index (χ0) is 26.5. The predicted molar refractivity (Wildman–Crippen MR) is 149 cm³/mol. The first kappa shape index (κ1) is 25.8. The van der Waals surface area contributed by atoms with Crippen LogP contribution >= 0.6 is 23.2 Å². The molecule has 0 unspecified atom stereocenters. The van der Waals surface area contributed by atoms with Crippen molar-refractivity contribution in [1.29, 1.82) is 0 Å². The number of aromatic nitrogens is 1. The highest BCUT2D eigenvalue weighted by molar-refractivity contribution is 6.18. The molecule has 3 aromatic carbocycles. The van der Waals surface area contributed by atoms with Gasteiger partial charge in [0.15, 0.2) is 5.75 Å². The van der Waals surface area contributed by atoms with Crippen LogP contribution in [0, 0.1) is 6.92 Å². The van der Waals surface area contributed by atoms with Gasteiger partial charge < -0.3 is 23.8 Å². The summed E-state index contributed by atoms with van der Waals surface area (Å²) in [6.07, 6.45) is -0.608. The smallest absolute Gasteiger partial charge is 0.417 e. The van der Waals surface area contributed by atoms with Crippen molar-refractivity contribution in [2.75, 3.05) is 41.9 Å². The number of hydrogen-bond acceptors (Lipinski definition) is 7. The highest BCUT2D eigenvalue weighted by atomic mass is 35.5. The molecule has 4 aromatic rings. The van der Waals surface area contributed by atoms with E-state index in [0.29, 0.717) is 59.4 Å². The molecule has 1 N–H and O–H groups in total. The quantitative estimate of drug-likeness (QED) is 0.224. The van der Waals surface area contributed by atoms with Crippen molar-refractivity contribution < 1.29 is 23.7 Å². The molecule has 196 valence electrons. The summed E-state index contributed by atoms with van der Waals surface area (Å²) in [6.45, 7) is 3.43. The van der Waals surface area contributed by atoms with Crippen molar-refractivity contribution in [3.63, 3.8) is 0 Å². The van der Waals surface area contributed by atoms with Crippen LogP contribution in [0.1, 0.15) is 5.56 Å². The molecule has 1 aromatic heterocycles. The zero-order valence-corrected chi connectivity index (χ0v) is 22.1. The normalized spacial score (nSPS) is 11.9. The summed E-state index contributed by atoms with van der Waals surface area (Å²) >= 11 is 11.8. The summed E-state index contributed by atoms with van der Waals surface area (Å²) in [5.41, 5.74) is 3.33. The van der Waals surface area contributed by atoms with Gasteiger partial charge in [0.1, 0.15) is 11.5 Å². The Morgan fingerprint density at radius 1 is 0.974 bits per heavy atom. The second kappa shape index (κ2) is 11.7. The van der Waals surface area contributed by atoms with Crippen LogP contribution in [0.4, 0.5) is 16.2 Å². The Labute approximate surface area is 230 Å². The maximum absolute atomic E-state index is 12.4. The molecule has 0 radical (unpaired) electrons. The number of hydrogen-bond donors (Lipinski definition) is 1. The van der Waals surface area contributed by atoms with Gasteiger partial charge in [0.05, 0.1) is 5.52 Å². The highest BCUT2D eigenvalue weighted by Crippen LogP contribution is 2.46. The van der Waals surface area contributed by atoms with E-state index in [-0.39, 0.29) is 6.79 Å². The molecule has 1 amide bonds. The number of halogens is 2. The largest absolute Gasteiger partial charge is 0.453 e. The molecule has 1 aliphatic heterocycles. The van der Waals surface area contributed by atoms with Gasteiger partial charge in [-0.25, -0.2) is 9.78 Å². The van der Waals surface area contributed by atoms with E-state index in [1.165, 1.54) is 0 Å². The zero-order valence-electron chi connectivity index (χ0n) is 20.6. The second-order valence-corrected chi connectivity index (χ2v) is 9.26. The van der Waals surface area contributed by atoms with Crippen molar-refractivity contribution in [3.8, 4) is 28.9 Å². The number of amides is 1. The van der Waals surface area contributed by atoms with Crippen LogP contribution in [0.15, 0.2) is 66.7 Å². The Hall–Kier alpha value is -3.88. The van der Waals surface area contributed by atoms with Gasteiger partial charge in [0.2, 0.25) is 12.5 Å². The lowest BCUT2D eigenvalue weighted by molar-refractivity contribution is 0.169. The van der Waals surface area contributed by atoms with Crippen LogP contribution in [0.3, 0.4) is 0 Å². The maximum Gasteiger partial charge on any atom is 0.417 e. The van der Waals surface area contributed by atoms with Crippen molar-refractivity contribution in [2.45, 2.75) is 6.92 Å². The van der Waals surface area contributed by atoms with Crippen LogP contribution in [0.5, 0.6) is 28.9 Å². The molecule has 1 aliphatic rings. The molecule has 0 spiro atoms. The molecule has 0 aliphatic carbocycles. The third kappa shape index (κ3) is 5.82. The molecule has 8 nitrogen and oxygen atoms in total. The van der Waals surface area contributed by atoms with Crippen molar-refractivity contribution in [3.05, 3.63) is 72.3 Å². The number of alkyl halides is 2. The number of benzene rings is 3. The van der Waals surface area contributed by atoms with Crippen LogP contribution < -0.4 is 29.2 Å². The second-order valence-electron chi connectivity index (χ2n) is 8.50. The Morgan fingerprint density at radius 2 is 1.68 bits per heavy atom. The maximum atomic E-state index is 12.4. The monoisotopic (exact) mass is 553 g/mol. The van der Waals surface area contributed by atoms with E-state index in [2.05, 4.69) is 15.2 Å². The van der Waals surface area contributed by atoms with Gasteiger partial charge in [-0.15, -0.1) is 23.2 Å². The van der Waals surface area contributed by atoms with E-state index in [0.717, 1.165) is 22.2 Å². The van der Waals surface area contributed by atoms with Crippen LogP contribution in [0.25, 0.3) is 10.9 Å². The molecule has 0 fully saturated rings. The lowest BCUT2D eigenvalue weighted by Gasteiger charge is -2.22. The summed E-state index contributed by atoms with van der Waals surface area (Å²) in [5, 5.41) is 3.53. The molecule has 2 heterocycles. The van der Waals surface area contributed by atoms with E-state index < -0.39 is 6.09 Å². The SMILES string of the molecule is Cc1ccc2c(Oc3ccc(NC(=O)Oc4ccc(N(CCCl)CCCl)cc4)cc3)c3c(nc2c1)OCO3. The summed E-state index contributed by atoms with van der Waals surface area (Å²) in [4.78, 5) is 19.0. The lowest BCUT2D eigenvalue weighted by atomic mass is 10.1. The first-order valence-corrected chi connectivity index (χ1v) is 13.0. The lowest BCUT2D eigenvalue weighted by Crippen LogP contribution is -2.27. The van der Waals surface area contributed by atoms with E-state index in [9.17, 15) is 4.79 Å². The molecule has 0 bridgehead atoms. The number of fused-ring (bicyclic) bond motifs is 2. The van der Waals surface area contributed by atoms with Gasteiger partial charge in [0, 0.05) is 41.6 Å². The number of carbonyl (C=O) groups excluding carboxylic acids is 1. The van der Waals surface area contributed by atoms with Gasteiger partial charge in [-0.1, -0.05) is 6.07 Å². The van der Waals surface area contributed by atoms with Gasteiger partial charge in [0.25, 0.3) is 5.88 Å². The molecule has 38 heavy (non-hydrogen) atoms. The minimum atomic E-state index is -0.608. The number of aryl methyl sites for hydroxylation is 1. The minimum Gasteiger partial charge on any atom is -0.453 e. The summed E-state index contributed by atoms with van der Waals surface area (Å²) in [7, 11) is 0. The number of ether oxygens (including phenoxy) is 4. The standard InChI is InChI=1S/C28H25Cl2N3O5/c1-18-2-11-23-24(16-18)32-27-26(35-17-36-27)25(23)37-21-7-3-19(4-8-21)31-28(34)38-22-9-5-20(6-10-22)33(14-12-29)15-13-30/h2-11,16H,12-15,17H2,1H3,(H,31,34). The summed E-state index contributed by atoms with van der Waals surface area (Å²) < 4.78 is 22.7. The first-order chi connectivity index (χ1) is 18.5. The molecule has 0 saturated carbocycles. The number of anilines is 2. The predicted octanol–water partition coefficient (Wildman–Crippen LogP) is 6.96. The topological polar surface area (TPSA) is 82.2 Å². The van der Waals surface area contributed by atoms with Crippen LogP contribution in [-0.2, 0) is 0 Å². The summed E-state index contributed by atoms with van der Waals surface area (Å²) in [6, 6.07) is 20.0. The third-order valence-electron chi connectivity index (χ3n) is 5.86. The van der Waals surface area contributed by atoms with Crippen LogP contribution in [0.2, 0.25) is 0 Å². The fraction of sp³-hybridized carbons (Fsp3) is 0.214. The first-order valence-electron chi connectivity index (χ1n) is 12.0. The summed E-state index contributed by atoms with van der Waals surface area (Å²) in [5.74, 6) is 3.35. The highest BCUT2D eigenvalue weighted by Gasteiger charge is 2.24. The van der Waals surface area contributed by atoms with Gasteiger partial charge in [-0.2, -0.15) is 0 Å². The third-order valence-corrected chi connectivity index (χ3v) is 6.20. The van der Waals surface area contributed by atoms with Gasteiger partial charge in [-0.3, -0.25) is 5.32 Å². The molecular weight excluding hydrogens is 529 g/mol. The van der Waals surface area contributed by atoms with E-state index in [1.807, 2.05) is 37.3 Å². The van der Waals surface area contributed by atoms with Gasteiger partial charge in [-0.05, 0) is 73.2 Å². The van der Waals surface area contributed by atoms with Crippen LogP contribution in [-0.4, -0.2) is 42.7 Å². The molecule has 0 atom stereocenters. The Morgan fingerprint density at radius 3 is 2.39 bits per heavy atom. The average Bonchev–Trinajstić information content (AvgIpc) is 3.38. The van der Waals surface area contributed by atoms with E-state index in [1.54, 1.807) is 36.4 Å². The van der Waals surface area contributed by atoms with E-state index in [4.69, 9.17) is 42.1 Å². The Bertz CT molecular complexity index is 1430. The van der Waals surface area contributed by atoms with Crippen molar-refractivity contribution >= 4 is 51.6 Å². The number of nitrogens with zero attached hydrogens (tertiary/aromatic N) is 2. The molecule has 5 rings (SSSR count). The molecule has 10 heteroatoms. The average molecular weight is 554 g/mol. The molecular formula is C28H25Cl2N3O5. The van der Waals surface area contributed by atoms with Crippen molar-refractivity contribution in [2.24, 2.45) is 0 Å². The molecule has 0 saturated heterocycles. The fourth-order valence-corrected chi connectivity index (χ4v) is 4.46. The number of rotatable bonds is 9. The minimum absolute atomic E-state index is 0.0841.